The van der Waals surface area contributed by atoms with Gasteiger partial charge in [0.1, 0.15) is 17.3 Å². The van der Waals surface area contributed by atoms with E-state index in [4.69, 9.17) is 18.7 Å². The molecule has 2 aromatic carbocycles. The average Bonchev–Trinajstić information content (AvgIpc) is 3.42. The summed E-state index contributed by atoms with van der Waals surface area (Å²) in [5, 5.41) is 15.2. The highest BCUT2D eigenvalue weighted by molar-refractivity contribution is 6.51. The number of aliphatic hydroxyl groups is 1. The summed E-state index contributed by atoms with van der Waals surface area (Å²) in [5.41, 5.74) is 0.811. The maximum Gasteiger partial charge on any atom is 0.301 e. The molecule has 0 aliphatic carbocycles. The van der Waals surface area contributed by atoms with E-state index >= 15 is 0 Å². The van der Waals surface area contributed by atoms with Crippen molar-refractivity contribution in [3.63, 3.8) is 0 Å². The second-order valence-electron chi connectivity index (χ2n) is 7.95. The Labute approximate surface area is 202 Å². The van der Waals surface area contributed by atoms with E-state index in [1.165, 1.54) is 19.1 Å². The number of methoxy groups -OCH3 is 2. The van der Waals surface area contributed by atoms with Crippen LogP contribution in [0.4, 0.5) is 5.82 Å². The topological polar surface area (TPSA) is 111 Å². The molecule has 2 heterocycles. The third-order valence-electron chi connectivity index (χ3n) is 5.63. The van der Waals surface area contributed by atoms with Gasteiger partial charge in [0.25, 0.3) is 5.78 Å². The van der Waals surface area contributed by atoms with Crippen LogP contribution in [-0.4, -0.2) is 42.8 Å². The minimum Gasteiger partial charge on any atom is -0.507 e. The number of amides is 1. The zero-order valence-corrected chi connectivity index (χ0v) is 19.9. The first kappa shape index (κ1) is 23.9. The Balaban J connectivity index is 1.87. The van der Waals surface area contributed by atoms with Crippen LogP contribution in [0.3, 0.4) is 0 Å². The Kier molecular flexibility index (Phi) is 6.77. The van der Waals surface area contributed by atoms with Gasteiger partial charge in [-0.05, 0) is 49.2 Å². The molecule has 1 aliphatic rings. The number of hydrogen-bond acceptors (Lipinski definition) is 8. The number of rotatable bonds is 8. The molecular formula is C26H26N2O7. The predicted octanol–water partition coefficient (Wildman–Crippen LogP) is 4.42. The molecule has 1 unspecified atom stereocenters. The van der Waals surface area contributed by atoms with Crippen molar-refractivity contribution in [3.8, 4) is 17.2 Å². The van der Waals surface area contributed by atoms with Gasteiger partial charge in [-0.1, -0.05) is 24.2 Å². The van der Waals surface area contributed by atoms with Gasteiger partial charge in [-0.25, -0.2) is 0 Å². The minimum atomic E-state index is -0.937. The predicted molar refractivity (Wildman–Crippen MR) is 128 cm³/mol. The number of nitrogens with zero attached hydrogens (tertiary/aromatic N) is 2. The highest BCUT2D eigenvalue weighted by atomic mass is 16.5. The fourth-order valence-corrected chi connectivity index (χ4v) is 3.96. The van der Waals surface area contributed by atoms with Crippen LogP contribution in [-0.2, 0) is 9.59 Å². The summed E-state index contributed by atoms with van der Waals surface area (Å²) in [7, 11) is 2.96. The molecule has 0 spiro atoms. The number of aromatic nitrogens is 1. The van der Waals surface area contributed by atoms with Crippen LogP contribution < -0.4 is 19.1 Å². The smallest absolute Gasteiger partial charge is 0.301 e. The fraction of sp³-hybridized carbons (Fsp3) is 0.269. The van der Waals surface area contributed by atoms with Crippen LogP contribution in [0.5, 0.6) is 17.2 Å². The van der Waals surface area contributed by atoms with E-state index in [1.54, 1.807) is 55.5 Å². The molecule has 0 radical (unpaired) electrons. The third kappa shape index (κ3) is 4.44. The summed E-state index contributed by atoms with van der Waals surface area (Å²) in [5.74, 6) is 0.128. The Morgan fingerprint density at radius 3 is 2.37 bits per heavy atom. The number of benzene rings is 2. The van der Waals surface area contributed by atoms with Gasteiger partial charge in [0.15, 0.2) is 17.3 Å². The number of hydrogen-bond donors (Lipinski definition) is 1. The van der Waals surface area contributed by atoms with Gasteiger partial charge in [0.2, 0.25) is 0 Å². The van der Waals surface area contributed by atoms with E-state index < -0.39 is 17.7 Å². The largest absolute Gasteiger partial charge is 0.507 e. The molecule has 9 heteroatoms. The second-order valence-corrected chi connectivity index (χ2v) is 7.95. The lowest BCUT2D eigenvalue weighted by Crippen LogP contribution is -2.29. The van der Waals surface area contributed by atoms with Gasteiger partial charge < -0.3 is 23.8 Å². The van der Waals surface area contributed by atoms with Crippen molar-refractivity contribution in [2.24, 2.45) is 0 Å². The lowest BCUT2D eigenvalue weighted by atomic mass is 9.95. The van der Waals surface area contributed by atoms with Gasteiger partial charge in [-0.15, -0.1) is 0 Å². The number of aliphatic hydroxyl groups excluding tert-OH is 1. The van der Waals surface area contributed by atoms with Crippen LogP contribution in [0.15, 0.2) is 58.6 Å². The molecule has 4 rings (SSSR count). The molecule has 1 aliphatic heterocycles. The third-order valence-corrected chi connectivity index (χ3v) is 5.63. The van der Waals surface area contributed by atoms with Gasteiger partial charge in [-0.2, -0.15) is 0 Å². The van der Waals surface area contributed by atoms with Crippen LogP contribution in [0, 0.1) is 6.92 Å². The number of aryl methyl sites for hydroxylation is 1. The van der Waals surface area contributed by atoms with Gasteiger partial charge in [-0.3, -0.25) is 14.5 Å². The average molecular weight is 479 g/mol. The SMILES string of the molecule is CCCOc1ccc(C2C(=C(O)c3ccc(OC)c(OC)c3)C(=O)C(=O)N2c2cc(C)on2)cc1. The molecule has 3 aromatic rings. The maximum atomic E-state index is 13.2. The zero-order valence-electron chi connectivity index (χ0n) is 19.9. The standard InChI is InChI=1S/C26H26N2O7/c1-5-12-34-18-9-6-16(7-10-18)23-22(24(29)17-8-11-19(32-3)20(14-17)33-4)25(30)26(31)28(23)21-13-15(2)35-27-21/h6-11,13-14,23,29H,5,12H2,1-4H3. The van der Waals surface area contributed by atoms with E-state index in [9.17, 15) is 14.7 Å². The van der Waals surface area contributed by atoms with Crippen LogP contribution in [0.25, 0.3) is 5.76 Å². The van der Waals surface area contributed by atoms with E-state index in [2.05, 4.69) is 5.16 Å². The molecule has 0 bridgehead atoms. The number of anilines is 1. The molecule has 1 N–H and O–H groups in total. The molecule has 182 valence electrons. The first-order valence-electron chi connectivity index (χ1n) is 11.1. The molecule has 1 amide bonds. The van der Waals surface area contributed by atoms with Crippen molar-refractivity contribution < 1.29 is 33.4 Å². The molecule has 0 saturated carbocycles. The minimum absolute atomic E-state index is 0.0786. The number of ketones is 1. The molecule has 1 saturated heterocycles. The summed E-state index contributed by atoms with van der Waals surface area (Å²) >= 11 is 0. The molecular weight excluding hydrogens is 452 g/mol. The Morgan fingerprint density at radius 2 is 1.77 bits per heavy atom. The van der Waals surface area contributed by atoms with Crippen molar-refractivity contribution in [2.45, 2.75) is 26.3 Å². The molecule has 35 heavy (non-hydrogen) atoms. The van der Waals surface area contributed by atoms with Crippen LogP contribution in [0.2, 0.25) is 0 Å². The normalized spacial score (nSPS) is 17.0. The summed E-state index contributed by atoms with van der Waals surface area (Å²) in [6.45, 7) is 4.26. The van der Waals surface area contributed by atoms with Crippen molar-refractivity contribution >= 4 is 23.3 Å². The summed E-state index contributed by atoms with van der Waals surface area (Å²) in [6, 6.07) is 12.4. The van der Waals surface area contributed by atoms with E-state index in [0.717, 1.165) is 6.42 Å². The number of carbonyl (C=O) groups excluding carboxylic acids is 2. The Hall–Kier alpha value is -4.27. The molecule has 9 nitrogen and oxygen atoms in total. The first-order valence-corrected chi connectivity index (χ1v) is 11.1. The monoisotopic (exact) mass is 478 g/mol. The number of Topliss-reactive ketones (excluding diaryl/α,β-unsaturated/α-hetero) is 1. The molecule has 1 aromatic heterocycles. The first-order chi connectivity index (χ1) is 16.9. The lowest BCUT2D eigenvalue weighted by Gasteiger charge is -2.23. The van der Waals surface area contributed by atoms with Gasteiger partial charge in [0.05, 0.1) is 32.4 Å². The van der Waals surface area contributed by atoms with Crippen molar-refractivity contribution in [3.05, 3.63) is 71.0 Å². The Morgan fingerprint density at radius 1 is 1.06 bits per heavy atom. The van der Waals surface area contributed by atoms with Crippen LogP contribution in [0.1, 0.15) is 36.3 Å². The summed E-state index contributed by atoms with van der Waals surface area (Å²) < 4.78 is 21.4. The lowest BCUT2D eigenvalue weighted by molar-refractivity contribution is -0.132. The summed E-state index contributed by atoms with van der Waals surface area (Å²) in [6.07, 6.45) is 0.860. The van der Waals surface area contributed by atoms with Gasteiger partial charge >= 0.3 is 5.91 Å². The van der Waals surface area contributed by atoms with Crippen LogP contribution >= 0.6 is 0 Å². The highest BCUT2D eigenvalue weighted by Gasteiger charge is 2.48. The van der Waals surface area contributed by atoms with Crippen molar-refractivity contribution in [1.29, 1.82) is 0 Å². The van der Waals surface area contributed by atoms with Crippen molar-refractivity contribution in [1.82, 2.24) is 5.16 Å². The Bertz CT molecular complexity index is 1280. The van der Waals surface area contributed by atoms with E-state index in [-0.39, 0.29) is 17.2 Å². The van der Waals surface area contributed by atoms with E-state index in [0.29, 0.717) is 40.7 Å². The molecule has 1 atom stereocenters. The second kappa shape index (κ2) is 9.92. The fourth-order valence-electron chi connectivity index (χ4n) is 3.96. The number of carbonyl (C=O) groups is 2. The highest BCUT2D eigenvalue weighted by Crippen LogP contribution is 2.43. The number of ether oxygens (including phenoxy) is 3. The van der Waals surface area contributed by atoms with Gasteiger partial charge in [0, 0.05) is 11.6 Å². The van der Waals surface area contributed by atoms with Crippen molar-refractivity contribution in [2.75, 3.05) is 25.7 Å². The quantitative estimate of drug-likeness (QED) is 0.288. The molecule has 1 fully saturated rings. The summed E-state index contributed by atoms with van der Waals surface area (Å²) in [4.78, 5) is 27.6. The maximum absolute atomic E-state index is 13.2. The van der Waals surface area contributed by atoms with E-state index in [1.807, 2.05) is 6.92 Å². The zero-order chi connectivity index (χ0) is 25.1.